The molecule has 1 aromatic carbocycles. The van der Waals surface area contributed by atoms with Crippen molar-refractivity contribution < 1.29 is 4.79 Å². The summed E-state index contributed by atoms with van der Waals surface area (Å²) in [5, 5.41) is 0.444. The molecule has 27 heavy (non-hydrogen) atoms. The first-order valence-corrected chi connectivity index (χ1v) is 8.73. The minimum atomic E-state index is -0.168. The monoisotopic (exact) mass is 360 g/mol. The van der Waals surface area contributed by atoms with E-state index >= 15 is 0 Å². The van der Waals surface area contributed by atoms with Gasteiger partial charge in [0.15, 0.2) is 0 Å². The lowest BCUT2D eigenvalue weighted by molar-refractivity contribution is 0.0818. The van der Waals surface area contributed by atoms with Crippen molar-refractivity contribution in [1.82, 2.24) is 18.9 Å². The van der Waals surface area contributed by atoms with Crippen LogP contribution in [0, 0.1) is 6.92 Å². The Morgan fingerprint density at radius 1 is 1.11 bits per heavy atom. The molecule has 0 bridgehead atoms. The Morgan fingerprint density at radius 3 is 2.56 bits per heavy atom. The van der Waals surface area contributed by atoms with Gasteiger partial charge in [0.1, 0.15) is 17.0 Å². The third kappa shape index (κ3) is 2.89. The van der Waals surface area contributed by atoms with E-state index in [1.807, 2.05) is 54.0 Å². The minimum Gasteiger partial charge on any atom is -0.343 e. The lowest BCUT2D eigenvalue weighted by atomic mass is 10.2. The van der Waals surface area contributed by atoms with E-state index in [1.54, 1.807) is 26.4 Å². The number of hydrogen-bond acceptors (Lipinski definition) is 3. The zero-order chi connectivity index (χ0) is 19.1. The molecule has 0 spiro atoms. The number of hydrogen-bond donors (Lipinski definition) is 0. The lowest BCUT2D eigenvalue weighted by Gasteiger charge is -2.14. The Bertz CT molecular complexity index is 1220. The first-order valence-electron chi connectivity index (χ1n) is 8.73. The normalized spacial score (nSPS) is 11.2. The molecule has 3 heterocycles. The van der Waals surface area contributed by atoms with Crippen LogP contribution in [0.25, 0.3) is 16.7 Å². The highest BCUT2D eigenvalue weighted by Crippen LogP contribution is 2.20. The van der Waals surface area contributed by atoms with Gasteiger partial charge in [-0.1, -0.05) is 36.4 Å². The molecule has 1 amide bonds. The fraction of sp³-hybridized carbons (Fsp3) is 0.190. The van der Waals surface area contributed by atoms with Crippen molar-refractivity contribution in [3.63, 3.8) is 0 Å². The number of carbonyl (C=O) groups is 1. The van der Waals surface area contributed by atoms with Gasteiger partial charge in [-0.15, -0.1) is 0 Å². The number of pyridine rings is 1. The van der Waals surface area contributed by atoms with E-state index in [0.717, 1.165) is 11.1 Å². The number of nitrogens with zero attached hydrogens (tertiary/aromatic N) is 4. The van der Waals surface area contributed by atoms with Crippen molar-refractivity contribution in [3.8, 4) is 0 Å². The summed E-state index contributed by atoms with van der Waals surface area (Å²) in [4.78, 5) is 32.0. The third-order valence-electron chi connectivity index (χ3n) is 4.62. The fourth-order valence-corrected chi connectivity index (χ4v) is 3.24. The van der Waals surface area contributed by atoms with Crippen LogP contribution < -0.4 is 5.56 Å². The Hall–Kier alpha value is -3.41. The molecule has 0 aliphatic carbocycles. The molecule has 4 aromatic rings. The molecule has 4 rings (SSSR count). The van der Waals surface area contributed by atoms with E-state index in [1.165, 1.54) is 9.30 Å². The van der Waals surface area contributed by atoms with Crippen molar-refractivity contribution in [2.45, 2.75) is 13.5 Å². The maximum Gasteiger partial charge on any atom is 0.270 e. The highest BCUT2D eigenvalue weighted by molar-refractivity contribution is 5.97. The fourth-order valence-electron chi connectivity index (χ4n) is 3.24. The minimum absolute atomic E-state index is 0.159. The zero-order valence-electron chi connectivity index (χ0n) is 15.5. The first-order chi connectivity index (χ1) is 13.0. The Labute approximate surface area is 156 Å². The van der Waals surface area contributed by atoms with Gasteiger partial charge in [-0.25, -0.2) is 4.98 Å². The van der Waals surface area contributed by atoms with Crippen LogP contribution in [0.3, 0.4) is 0 Å². The summed E-state index contributed by atoms with van der Waals surface area (Å²) in [6.45, 7) is 2.39. The van der Waals surface area contributed by atoms with E-state index in [9.17, 15) is 9.59 Å². The van der Waals surface area contributed by atoms with Gasteiger partial charge >= 0.3 is 0 Å². The zero-order valence-corrected chi connectivity index (χ0v) is 15.5. The molecule has 6 heteroatoms. The number of aryl methyl sites for hydroxylation is 1. The van der Waals surface area contributed by atoms with Gasteiger partial charge < -0.3 is 9.47 Å². The molecule has 0 saturated heterocycles. The standard InChI is InChI=1S/C21H20N4O2/c1-14-9-10-18-22-19-16(20(26)25(18)12-14)11-17(21(27)23(2)3)24(19)13-15-7-5-4-6-8-15/h4-12H,13H2,1-3H3. The first kappa shape index (κ1) is 17.0. The predicted molar refractivity (Wildman–Crippen MR) is 105 cm³/mol. The predicted octanol–water partition coefficient (Wildman–Crippen LogP) is 2.71. The highest BCUT2D eigenvalue weighted by atomic mass is 16.2. The molecule has 0 atom stereocenters. The Kier molecular flexibility index (Phi) is 4.03. The van der Waals surface area contributed by atoms with E-state index < -0.39 is 0 Å². The topological polar surface area (TPSA) is 59.6 Å². The second-order valence-corrected chi connectivity index (χ2v) is 6.89. The summed E-state index contributed by atoms with van der Waals surface area (Å²) in [5.74, 6) is -0.159. The molecular weight excluding hydrogens is 340 g/mol. The average molecular weight is 360 g/mol. The third-order valence-corrected chi connectivity index (χ3v) is 4.62. The van der Waals surface area contributed by atoms with Crippen molar-refractivity contribution in [3.05, 3.63) is 81.9 Å². The van der Waals surface area contributed by atoms with Gasteiger partial charge in [-0.3, -0.25) is 14.0 Å². The SMILES string of the molecule is Cc1ccc2nc3c(cc(C(=O)N(C)C)n3Cc3ccccc3)c(=O)n2c1. The average Bonchev–Trinajstić information content (AvgIpc) is 3.01. The van der Waals surface area contributed by atoms with Crippen LogP contribution in [0.2, 0.25) is 0 Å². The molecule has 0 N–H and O–H groups in total. The van der Waals surface area contributed by atoms with E-state index in [4.69, 9.17) is 4.98 Å². The number of aromatic nitrogens is 3. The summed E-state index contributed by atoms with van der Waals surface area (Å²) >= 11 is 0. The molecule has 0 aliphatic heterocycles. The molecule has 0 unspecified atom stereocenters. The largest absolute Gasteiger partial charge is 0.343 e. The van der Waals surface area contributed by atoms with Crippen LogP contribution in [-0.2, 0) is 6.54 Å². The molecule has 6 nitrogen and oxygen atoms in total. The molecule has 0 aliphatic rings. The number of benzene rings is 1. The lowest BCUT2D eigenvalue weighted by Crippen LogP contribution is -2.24. The van der Waals surface area contributed by atoms with Crippen LogP contribution >= 0.6 is 0 Å². The summed E-state index contributed by atoms with van der Waals surface area (Å²) < 4.78 is 3.36. The van der Waals surface area contributed by atoms with Crippen LogP contribution in [0.4, 0.5) is 0 Å². The number of carbonyl (C=O) groups excluding carboxylic acids is 1. The summed E-state index contributed by atoms with van der Waals surface area (Å²) in [5.41, 5.74) is 3.38. The molecule has 0 fully saturated rings. The van der Waals surface area contributed by atoms with Crippen LogP contribution in [-0.4, -0.2) is 38.9 Å². The summed E-state index contributed by atoms with van der Waals surface area (Å²) in [7, 11) is 3.40. The van der Waals surface area contributed by atoms with E-state index in [-0.39, 0.29) is 11.5 Å². The van der Waals surface area contributed by atoms with Crippen molar-refractivity contribution in [1.29, 1.82) is 0 Å². The van der Waals surface area contributed by atoms with E-state index in [2.05, 4.69) is 0 Å². The molecule has 136 valence electrons. The Morgan fingerprint density at radius 2 is 1.85 bits per heavy atom. The number of amides is 1. The van der Waals surface area contributed by atoms with Crippen LogP contribution in [0.1, 0.15) is 21.6 Å². The van der Waals surface area contributed by atoms with Crippen LogP contribution in [0.5, 0.6) is 0 Å². The van der Waals surface area contributed by atoms with Crippen molar-refractivity contribution in [2.24, 2.45) is 0 Å². The number of rotatable bonds is 3. The van der Waals surface area contributed by atoms with Gasteiger partial charge in [-0.05, 0) is 30.2 Å². The molecular formula is C21H20N4O2. The number of fused-ring (bicyclic) bond motifs is 2. The van der Waals surface area contributed by atoms with Gasteiger partial charge in [-0.2, -0.15) is 0 Å². The summed E-state index contributed by atoms with van der Waals surface area (Å²) in [6.07, 6.45) is 1.77. The van der Waals surface area contributed by atoms with Crippen molar-refractivity contribution >= 4 is 22.6 Å². The van der Waals surface area contributed by atoms with Gasteiger partial charge in [0.05, 0.1) is 5.39 Å². The maximum absolute atomic E-state index is 13.0. The quantitative estimate of drug-likeness (QED) is 0.564. The smallest absolute Gasteiger partial charge is 0.270 e. The van der Waals surface area contributed by atoms with Gasteiger partial charge in [0.2, 0.25) is 0 Å². The van der Waals surface area contributed by atoms with E-state index in [0.29, 0.717) is 28.9 Å². The molecule has 0 radical (unpaired) electrons. The second kappa shape index (κ2) is 6.39. The van der Waals surface area contributed by atoms with Crippen LogP contribution in [0.15, 0.2) is 59.5 Å². The second-order valence-electron chi connectivity index (χ2n) is 6.89. The Balaban J connectivity index is 2.04. The highest BCUT2D eigenvalue weighted by Gasteiger charge is 2.21. The molecule has 3 aromatic heterocycles. The van der Waals surface area contributed by atoms with Gasteiger partial charge in [0.25, 0.3) is 11.5 Å². The summed E-state index contributed by atoms with van der Waals surface area (Å²) in [6, 6.07) is 15.2. The molecule has 0 saturated carbocycles. The van der Waals surface area contributed by atoms with Gasteiger partial charge in [0, 0.05) is 26.8 Å². The van der Waals surface area contributed by atoms with Crippen molar-refractivity contribution in [2.75, 3.05) is 14.1 Å². The maximum atomic E-state index is 13.0.